The van der Waals surface area contributed by atoms with Crippen LogP contribution in [0.3, 0.4) is 0 Å². The fourth-order valence-electron chi connectivity index (χ4n) is 3.00. The molecule has 0 aliphatic carbocycles. The summed E-state index contributed by atoms with van der Waals surface area (Å²) in [6, 6.07) is 14.8. The van der Waals surface area contributed by atoms with Crippen molar-refractivity contribution < 1.29 is 19.4 Å². The third-order valence-electron chi connectivity index (χ3n) is 4.49. The van der Waals surface area contributed by atoms with Crippen molar-refractivity contribution in [2.24, 2.45) is 0 Å². The minimum atomic E-state index is -1.01. The van der Waals surface area contributed by atoms with E-state index in [9.17, 15) is 14.7 Å². The van der Waals surface area contributed by atoms with Crippen LogP contribution < -0.4 is 9.64 Å². The number of para-hydroxylation sites is 1. The molecule has 2 aromatic rings. The number of hydrogen-bond acceptors (Lipinski definition) is 5. The second kappa shape index (κ2) is 9.24. The Morgan fingerprint density at radius 2 is 2.00 bits per heavy atom. The molecule has 1 atom stereocenters. The number of carbonyl (C=O) groups excluding carboxylic acids is 1. The van der Waals surface area contributed by atoms with Gasteiger partial charge in [-0.05, 0) is 48.2 Å². The van der Waals surface area contributed by atoms with Crippen molar-refractivity contribution in [3.8, 4) is 5.75 Å². The highest BCUT2D eigenvalue weighted by Crippen LogP contribution is 2.37. The molecule has 1 N–H and O–H groups in total. The lowest BCUT2D eigenvalue weighted by Gasteiger charge is -2.18. The molecule has 1 amide bonds. The van der Waals surface area contributed by atoms with E-state index >= 15 is 0 Å². The second-order valence-corrected chi connectivity index (χ2v) is 8.10. The van der Waals surface area contributed by atoms with Gasteiger partial charge in [0.2, 0.25) is 0 Å². The van der Waals surface area contributed by atoms with E-state index in [1.165, 1.54) is 11.8 Å². The number of benzene rings is 2. The normalized spacial score (nSPS) is 16.3. The summed E-state index contributed by atoms with van der Waals surface area (Å²) in [5, 5.41) is 9.17. The summed E-state index contributed by atoms with van der Waals surface area (Å²) in [5.41, 5.74) is 2.61. The van der Waals surface area contributed by atoms with Crippen LogP contribution in [0, 0.1) is 0 Å². The van der Waals surface area contributed by atoms with E-state index in [2.05, 4.69) is 0 Å². The number of carboxylic acid groups (broad SMARTS) is 1. The molecule has 29 heavy (non-hydrogen) atoms. The van der Waals surface area contributed by atoms with Crippen LogP contribution in [-0.4, -0.2) is 27.4 Å². The summed E-state index contributed by atoms with van der Waals surface area (Å²) in [6.45, 7) is 3.79. The molecule has 3 rings (SSSR count). The van der Waals surface area contributed by atoms with Gasteiger partial charge in [-0.15, -0.1) is 0 Å². The first-order valence-electron chi connectivity index (χ1n) is 9.30. The average Bonchev–Trinajstić information content (AvgIpc) is 2.99. The molecule has 0 aromatic heterocycles. The molecule has 0 radical (unpaired) electrons. The third kappa shape index (κ3) is 4.68. The number of nitrogens with zero attached hydrogens (tertiary/aromatic N) is 1. The number of thioether (sulfide) groups is 1. The molecule has 1 heterocycles. The lowest BCUT2D eigenvalue weighted by atomic mass is 10.1. The van der Waals surface area contributed by atoms with Crippen LogP contribution >= 0.6 is 24.0 Å². The van der Waals surface area contributed by atoms with Gasteiger partial charge in [0.25, 0.3) is 5.91 Å². The summed E-state index contributed by atoms with van der Waals surface area (Å²) >= 11 is 6.72. The van der Waals surface area contributed by atoms with E-state index < -0.39 is 12.1 Å². The topological polar surface area (TPSA) is 66.8 Å². The summed E-state index contributed by atoms with van der Waals surface area (Å²) < 4.78 is 6.03. The Morgan fingerprint density at radius 3 is 2.69 bits per heavy atom. The van der Waals surface area contributed by atoms with Gasteiger partial charge in [0, 0.05) is 0 Å². The number of aliphatic carboxylic acids is 1. The van der Waals surface area contributed by atoms with E-state index in [0.717, 1.165) is 23.2 Å². The lowest BCUT2D eigenvalue weighted by molar-refractivity contribution is -0.145. The smallest absolute Gasteiger partial charge is 0.344 e. The zero-order valence-corrected chi connectivity index (χ0v) is 17.8. The van der Waals surface area contributed by atoms with Crippen molar-refractivity contribution in [2.75, 3.05) is 4.90 Å². The second-order valence-electron chi connectivity index (χ2n) is 6.42. The first kappa shape index (κ1) is 21.1. The van der Waals surface area contributed by atoms with Gasteiger partial charge < -0.3 is 9.84 Å². The van der Waals surface area contributed by atoms with Gasteiger partial charge in [-0.2, -0.15) is 0 Å². The van der Waals surface area contributed by atoms with Crippen molar-refractivity contribution in [3.63, 3.8) is 0 Å². The molecule has 1 fully saturated rings. The van der Waals surface area contributed by atoms with E-state index in [0.29, 0.717) is 21.4 Å². The summed E-state index contributed by atoms with van der Waals surface area (Å²) in [4.78, 5) is 26.3. The Kier molecular flexibility index (Phi) is 6.71. The molecule has 0 saturated carbocycles. The quantitative estimate of drug-likeness (QED) is 0.501. The molecule has 0 spiro atoms. The molecule has 150 valence electrons. The summed E-state index contributed by atoms with van der Waals surface area (Å²) in [5.74, 6) is -0.725. The number of aryl methyl sites for hydroxylation is 1. The van der Waals surface area contributed by atoms with E-state index in [-0.39, 0.29) is 5.91 Å². The van der Waals surface area contributed by atoms with Crippen molar-refractivity contribution in [3.05, 3.63) is 64.6 Å². The first-order chi connectivity index (χ1) is 13.9. The van der Waals surface area contributed by atoms with Crippen molar-refractivity contribution in [2.45, 2.75) is 32.8 Å². The Hall–Kier alpha value is -2.64. The Balaban J connectivity index is 1.86. The number of ether oxygens (including phenoxy) is 1. The number of carbonyl (C=O) groups is 2. The highest BCUT2D eigenvalue weighted by Gasteiger charge is 2.34. The predicted molar refractivity (Wildman–Crippen MR) is 120 cm³/mol. The minimum Gasteiger partial charge on any atom is -0.479 e. The van der Waals surface area contributed by atoms with Crippen molar-refractivity contribution in [1.29, 1.82) is 0 Å². The van der Waals surface area contributed by atoms with Crippen LogP contribution in [0.5, 0.6) is 5.75 Å². The fraction of sp³-hybridized carbons (Fsp3) is 0.227. The van der Waals surface area contributed by atoms with Crippen LogP contribution in [0.4, 0.5) is 5.69 Å². The third-order valence-corrected chi connectivity index (χ3v) is 5.79. The standard InChI is InChI=1S/C22H21NO4S2/c1-3-15-9-5-6-11-17(15)23-20(24)19(29-22(23)28)13-14-8-7-10-16(12-14)27-18(4-2)21(25)26/h5-13,18H,3-4H2,1-2H3,(H,25,26)/b19-13+. The van der Waals surface area contributed by atoms with Gasteiger partial charge in [-0.1, -0.05) is 68.2 Å². The molecule has 1 unspecified atom stereocenters. The maximum Gasteiger partial charge on any atom is 0.344 e. The predicted octanol–water partition coefficient (Wildman–Crippen LogP) is 4.90. The molecular weight excluding hydrogens is 406 g/mol. The Bertz CT molecular complexity index is 986. The molecular formula is C22H21NO4S2. The largest absolute Gasteiger partial charge is 0.479 e. The molecule has 2 aromatic carbocycles. The van der Waals surface area contributed by atoms with Gasteiger partial charge in [0.05, 0.1) is 10.6 Å². The number of rotatable bonds is 7. The van der Waals surface area contributed by atoms with Gasteiger partial charge >= 0.3 is 5.97 Å². The first-order valence-corrected chi connectivity index (χ1v) is 10.5. The molecule has 7 heteroatoms. The Labute approximate surface area is 179 Å². The number of anilines is 1. The maximum absolute atomic E-state index is 13.0. The fourth-order valence-corrected chi connectivity index (χ4v) is 4.29. The summed E-state index contributed by atoms with van der Waals surface area (Å²) in [6.07, 6.45) is 2.00. The van der Waals surface area contributed by atoms with Crippen LogP contribution in [0.25, 0.3) is 6.08 Å². The van der Waals surface area contributed by atoms with E-state index in [4.69, 9.17) is 17.0 Å². The van der Waals surface area contributed by atoms with Gasteiger partial charge in [0.15, 0.2) is 10.4 Å². The van der Waals surface area contributed by atoms with Crippen molar-refractivity contribution >= 4 is 51.9 Å². The molecule has 5 nitrogen and oxygen atoms in total. The van der Waals surface area contributed by atoms with Gasteiger partial charge in [-0.3, -0.25) is 9.69 Å². The summed E-state index contributed by atoms with van der Waals surface area (Å²) in [7, 11) is 0. The van der Waals surface area contributed by atoms with Crippen LogP contribution in [0.2, 0.25) is 0 Å². The van der Waals surface area contributed by atoms with Crippen LogP contribution in [0.15, 0.2) is 53.4 Å². The molecule has 1 aliphatic heterocycles. The Morgan fingerprint density at radius 1 is 1.24 bits per heavy atom. The highest BCUT2D eigenvalue weighted by molar-refractivity contribution is 8.27. The minimum absolute atomic E-state index is 0.163. The van der Waals surface area contributed by atoms with Crippen LogP contribution in [0.1, 0.15) is 31.4 Å². The van der Waals surface area contributed by atoms with Crippen molar-refractivity contribution in [1.82, 2.24) is 0 Å². The maximum atomic E-state index is 13.0. The van der Waals surface area contributed by atoms with E-state index in [1.807, 2.05) is 37.3 Å². The monoisotopic (exact) mass is 427 g/mol. The zero-order valence-electron chi connectivity index (χ0n) is 16.1. The van der Waals surface area contributed by atoms with Crippen LogP contribution in [-0.2, 0) is 16.0 Å². The number of hydrogen-bond donors (Lipinski definition) is 1. The zero-order chi connectivity index (χ0) is 21.0. The van der Waals surface area contributed by atoms with Gasteiger partial charge in [0.1, 0.15) is 5.75 Å². The number of amides is 1. The molecule has 0 bridgehead atoms. The van der Waals surface area contributed by atoms with Gasteiger partial charge in [-0.25, -0.2) is 4.79 Å². The molecule has 1 saturated heterocycles. The van der Waals surface area contributed by atoms with E-state index in [1.54, 1.807) is 36.1 Å². The number of carboxylic acids is 1. The highest BCUT2D eigenvalue weighted by atomic mass is 32.2. The number of thiocarbonyl (C=S) groups is 1. The average molecular weight is 428 g/mol. The molecule has 1 aliphatic rings. The SMILES string of the molecule is CCc1ccccc1N1C(=O)/C(=C\c2cccc(OC(CC)C(=O)O)c2)SC1=S. The lowest BCUT2D eigenvalue weighted by Crippen LogP contribution is -2.28.